The van der Waals surface area contributed by atoms with Crippen molar-refractivity contribution < 1.29 is 35.9 Å². The molecule has 0 unspecified atom stereocenters. The molecule has 0 spiro atoms. The van der Waals surface area contributed by atoms with Crippen LogP contribution in [0.5, 0.6) is 0 Å². The minimum absolute atomic E-state index is 0.0853. The zero-order chi connectivity index (χ0) is 55.1. The summed E-state index contributed by atoms with van der Waals surface area (Å²) in [5.41, 5.74) is 5.38. The third-order valence-corrected chi connectivity index (χ3v) is 13.6. The van der Waals surface area contributed by atoms with E-state index in [2.05, 4.69) is 74.5 Å². The van der Waals surface area contributed by atoms with Gasteiger partial charge in [0.25, 0.3) is 11.8 Å². The van der Waals surface area contributed by atoms with Crippen LogP contribution in [0, 0.1) is 37.5 Å². The molecule has 2 fully saturated rings. The molecule has 4 aromatic heterocycles. The number of hydrogen-bond donors (Lipinski definition) is 4. The molecule has 78 heavy (non-hydrogen) atoms. The van der Waals surface area contributed by atoms with Crippen LogP contribution < -0.4 is 10.6 Å². The van der Waals surface area contributed by atoms with Gasteiger partial charge in [-0.15, -0.1) is 0 Å². The lowest BCUT2D eigenvalue weighted by atomic mass is 10.0. The fourth-order valence-corrected chi connectivity index (χ4v) is 8.90. The number of fused-ring (bicyclic) bond motifs is 2. The van der Waals surface area contributed by atoms with E-state index in [4.69, 9.17) is 0 Å². The fraction of sp³-hybridized carbons (Fsp3) is 0.276. The summed E-state index contributed by atoms with van der Waals surface area (Å²) < 4.78 is 83.6. The van der Waals surface area contributed by atoms with Crippen molar-refractivity contribution in [3.8, 4) is 23.7 Å². The molecule has 8 aromatic rings. The van der Waals surface area contributed by atoms with E-state index in [-0.39, 0.29) is 35.6 Å². The van der Waals surface area contributed by atoms with E-state index in [0.717, 1.165) is 60.2 Å². The molecule has 2 saturated heterocycles. The Morgan fingerprint density at radius 2 is 0.923 bits per heavy atom. The van der Waals surface area contributed by atoms with Gasteiger partial charge in [0, 0.05) is 133 Å². The van der Waals surface area contributed by atoms with E-state index >= 15 is 0 Å². The summed E-state index contributed by atoms with van der Waals surface area (Å²) >= 11 is 0. The largest absolute Gasteiger partial charge is 0.416 e. The Balaban J connectivity index is 0.000000190. The van der Waals surface area contributed by atoms with Crippen LogP contribution in [0.15, 0.2) is 110 Å². The highest BCUT2D eigenvalue weighted by Crippen LogP contribution is 2.36. The Kier molecular flexibility index (Phi) is 16.4. The quantitative estimate of drug-likeness (QED) is 0.0856. The summed E-state index contributed by atoms with van der Waals surface area (Å²) in [7, 11) is 4.00. The van der Waals surface area contributed by atoms with Crippen LogP contribution in [0.1, 0.15) is 76.4 Å². The van der Waals surface area contributed by atoms with E-state index in [0.29, 0.717) is 70.9 Å². The van der Waals surface area contributed by atoms with Crippen LogP contribution in [0.4, 0.5) is 37.7 Å². The van der Waals surface area contributed by atoms with E-state index in [1.165, 1.54) is 24.3 Å². The lowest BCUT2D eigenvalue weighted by molar-refractivity contribution is -0.139. The number of H-pyrrole nitrogens is 2. The van der Waals surface area contributed by atoms with Gasteiger partial charge in [-0.1, -0.05) is 47.9 Å². The zero-order valence-corrected chi connectivity index (χ0v) is 43.1. The number of aryl methyl sites for hydroxylation is 2. The Hall–Kier alpha value is -8.40. The lowest BCUT2D eigenvalue weighted by Crippen LogP contribution is -2.44. The highest BCUT2D eigenvalue weighted by Gasteiger charge is 2.36. The highest BCUT2D eigenvalue weighted by atomic mass is 19.4. The highest BCUT2D eigenvalue weighted by molar-refractivity contribution is 6.05. The number of benzene rings is 4. The second-order valence-corrected chi connectivity index (χ2v) is 19.4. The van der Waals surface area contributed by atoms with Gasteiger partial charge < -0.3 is 20.4 Å². The number of aromatic amines is 2. The van der Waals surface area contributed by atoms with Gasteiger partial charge in [-0.2, -0.15) is 36.5 Å². The third-order valence-electron chi connectivity index (χ3n) is 13.6. The second-order valence-electron chi connectivity index (χ2n) is 19.4. The summed E-state index contributed by atoms with van der Waals surface area (Å²) in [5, 5.41) is 20.4. The molecule has 20 heteroatoms. The molecular weight excluding hydrogens is 1010 g/mol. The first kappa shape index (κ1) is 54.4. The monoisotopic (exact) mass is 1060 g/mol. The maximum absolute atomic E-state index is 13.9. The van der Waals surface area contributed by atoms with Crippen molar-refractivity contribution in [2.24, 2.45) is 0 Å². The summed E-state index contributed by atoms with van der Waals surface area (Å²) in [4.78, 5) is 42.8. The Labute approximate surface area is 446 Å². The van der Waals surface area contributed by atoms with Crippen molar-refractivity contribution in [1.29, 1.82) is 0 Å². The number of carbonyl (C=O) groups excluding carboxylic acids is 2. The second kappa shape index (κ2) is 23.5. The maximum Gasteiger partial charge on any atom is 0.416 e. The summed E-state index contributed by atoms with van der Waals surface area (Å²) in [6.45, 7) is 10.3. The van der Waals surface area contributed by atoms with Crippen molar-refractivity contribution >= 4 is 45.3 Å². The molecule has 6 heterocycles. The van der Waals surface area contributed by atoms with E-state index in [9.17, 15) is 35.9 Å². The lowest BCUT2D eigenvalue weighted by Gasteiger charge is -2.33. The van der Waals surface area contributed by atoms with Crippen molar-refractivity contribution in [3.05, 3.63) is 176 Å². The van der Waals surface area contributed by atoms with Crippen molar-refractivity contribution in [2.45, 2.75) is 39.3 Å². The van der Waals surface area contributed by atoms with Crippen LogP contribution >= 0.6 is 0 Å². The van der Waals surface area contributed by atoms with Crippen LogP contribution in [0.2, 0.25) is 0 Å². The number of piperazine rings is 2. The summed E-state index contributed by atoms with van der Waals surface area (Å²) in [6, 6.07) is 21.7. The molecule has 10 rings (SSSR count). The van der Waals surface area contributed by atoms with Gasteiger partial charge in [-0.3, -0.25) is 29.6 Å². The average molecular weight is 1070 g/mol. The molecule has 0 bridgehead atoms. The number of anilines is 2. The minimum atomic E-state index is -4.54. The van der Waals surface area contributed by atoms with Crippen LogP contribution in [-0.2, 0) is 25.4 Å². The molecule has 0 aliphatic carbocycles. The Morgan fingerprint density at radius 1 is 0.526 bits per heavy atom. The number of nitrogens with one attached hydrogen (secondary N) is 4. The number of hydrogen-bond acceptors (Lipinski definition) is 10. The van der Waals surface area contributed by atoms with Crippen LogP contribution in [0.25, 0.3) is 22.1 Å². The molecule has 400 valence electrons. The van der Waals surface area contributed by atoms with Gasteiger partial charge in [0.15, 0.2) is 11.3 Å². The summed E-state index contributed by atoms with van der Waals surface area (Å²) in [5.74, 6) is 11.2. The van der Waals surface area contributed by atoms with Crippen molar-refractivity contribution in [1.82, 2.24) is 50.0 Å². The Bertz CT molecular complexity index is 3390. The first-order valence-corrected chi connectivity index (χ1v) is 25.0. The van der Waals surface area contributed by atoms with Crippen molar-refractivity contribution in [2.75, 3.05) is 77.1 Å². The maximum atomic E-state index is 13.9. The normalized spacial score (nSPS) is 14.7. The minimum Gasteiger partial charge on any atom is -0.322 e. The van der Waals surface area contributed by atoms with E-state index < -0.39 is 35.3 Å². The van der Waals surface area contributed by atoms with Gasteiger partial charge in [0.1, 0.15) is 0 Å². The third kappa shape index (κ3) is 13.8. The van der Waals surface area contributed by atoms with Crippen LogP contribution in [-0.4, -0.2) is 128 Å². The number of rotatable bonds is 8. The van der Waals surface area contributed by atoms with E-state index in [1.807, 2.05) is 49.9 Å². The molecule has 4 N–H and O–H groups in total. The standard InChI is InChI=1S/2C29H27F3N6O/c2*1-19-3-5-22(14-21(19)6-4-20-13-24-17-34-36-27(24)33-16-20)28(39)35-25-8-7-23(26(15-25)29(30,31)32)18-38-11-9-37(2)10-12-38/h2*3,5,7-8,13-17H,9-12,18H2,1-2H3,(H,35,39)(H,33,34,36). The topological polar surface area (TPSA) is 154 Å². The molecule has 0 atom stereocenters. The number of aromatic nitrogens is 6. The van der Waals surface area contributed by atoms with Crippen molar-refractivity contribution in [3.63, 3.8) is 0 Å². The van der Waals surface area contributed by atoms with E-state index in [1.54, 1.807) is 61.2 Å². The SMILES string of the molecule is Cc1ccc(C(=O)Nc2ccc(CN3CCN(C)CC3)c(C(F)(F)F)c2)cc1C#Cc1cnc2[nH]ncc2c1.Cc1ccc(C(=O)Nc2ccc(CN3CCN(C)CC3)c(C(F)(F)F)c2)cc1C#Cc1cnc2[nH]ncc2c1. The number of halogens is 6. The molecule has 14 nitrogen and oxygen atoms in total. The fourth-order valence-electron chi connectivity index (χ4n) is 8.90. The van der Waals surface area contributed by atoms with Gasteiger partial charge in [0.05, 0.1) is 23.5 Å². The average Bonchev–Trinajstić information content (AvgIpc) is 4.13. The van der Waals surface area contributed by atoms with Crippen LogP contribution in [0.3, 0.4) is 0 Å². The van der Waals surface area contributed by atoms with Gasteiger partial charge in [0.2, 0.25) is 0 Å². The predicted octanol–water partition coefficient (Wildman–Crippen LogP) is 9.37. The molecule has 2 amide bonds. The molecule has 4 aromatic carbocycles. The van der Waals surface area contributed by atoms with Gasteiger partial charge in [-0.05, 0) is 111 Å². The number of carbonyl (C=O) groups is 2. The first-order chi connectivity index (χ1) is 37.3. The van der Waals surface area contributed by atoms with Gasteiger partial charge >= 0.3 is 12.4 Å². The first-order valence-electron chi connectivity index (χ1n) is 25.0. The number of amides is 2. The molecule has 2 aliphatic heterocycles. The number of likely N-dealkylation sites (N-methyl/N-ethyl adjacent to an activating group) is 2. The molecule has 0 radical (unpaired) electrons. The summed E-state index contributed by atoms with van der Waals surface area (Å²) in [6.07, 6.45) is -2.50. The predicted molar refractivity (Wildman–Crippen MR) is 286 cm³/mol. The molecule has 2 aliphatic rings. The molecule has 0 saturated carbocycles. The smallest absolute Gasteiger partial charge is 0.322 e. The number of alkyl halides is 6. The number of nitrogens with zero attached hydrogens (tertiary/aromatic N) is 8. The number of pyridine rings is 2. The van der Waals surface area contributed by atoms with Gasteiger partial charge in [-0.25, -0.2) is 9.97 Å². The Morgan fingerprint density at radius 3 is 1.31 bits per heavy atom. The zero-order valence-electron chi connectivity index (χ0n) is 43.1. The molecular formula is C58H54F6N12O2.